The number of halogens is 4. The van der Waals surface area contributed by atoms with Crippen molar-refractivity contribution >= 4 is 33.6 Å². The average molecular weight is 557 g/mol. The van der Waals surface area contributed by atoms with E-state index in [1.165, 1.54) is 49.6 Å². The summed E-state index contributed by atoms with van der Waals surface area (Å²) in [6, 6.07) is 12.4. The third-order valence-electron chi connectivity index (χ3n) is 4.59. The number of benzene rings is 2. The maximum atomic E-state index is 12.9. The lowest BCUT2D eigenvalue weighted by molar-refractivity contribution is -0.137. The number of alkyl halides is 3. The van der Waals surface area contributed by atoms with Gasteiger partial charge in [0.05, 0.1) is 17.1 Å². The van der Waals surface area contributed by atoms with Gasteiger partial charge in [-0.2, -0.15) is 13.2 Å². The summed E-state index contributed by atoms with van der Waals surface area (Å²) >= 11 is 5.95. The van der Waals surface area contributed by atoms with E-state index >= 15 is 0 Å². The van der Waals surface area contributed by atoms with E-state index in [2.05, 4.69) is 4.98 Å². The van der Waals surface area contributed by atoms with Crippen molar-refractivity contribution in [2.24, 2.45) is 0 Å². The second-order valence-corrected chi connectivity index (χ2v) is 9.36. The molecule has 3 aromatic rings. The number of nitrogens with one attached hydrogen (secondary N) is 1. The van der Waals surface area contributed by atoms with Crippen LogP contribution in [0.1, 0.15) is 11.1 Å². The molecule has 196 valence electrons. The van der Waals surface area contributed by atoms with Crippen LogP contribution in [0.3, 0.4) is 0 Å². The first-order chi connectivity index (χ1) is 17.5. The van der Waals surface area contributed by atoms with Crippen LogP contribution in [-0.4, -0.2) is 39.6 Å². The van der Waals surface area contributed by atoms with Crippen molar-refractivity contribution in [2.75, 3.05) is 20.3 Å². The predicted octanol–water partition coefficient (Wildman–Crippen LogP) is 5.09. The first-order valence-electron chi connectivity index (χ1n) is 10.5. The van der Waals surface area contributed by atoms with E-state index in [0.29, 0.717) is 24.6 Å². The van der Waals surface area contributed by atoms with Crippen LogP contribution in [0.25, 0.3) is 6.08 Å². The Bertz CT molecular complexity index is 1380. The second-order valence-electron chi connectivity index (χ2n) is 7.27. The van der Waals surface area contributed by atoms with Gasteiger partial charge in [-0.1, -0.05) is 29.8 Å². The van der Waals surface area contributed by atoms with Crippen LogP contribution in [0.2, 0.25) is 5.02 Å². The van der Waals surface area contributed by atoms with Crippen molar-refractivity contribution in [2.45, 2.75) is 11.1 Å². The van der Waals surface area contributed by atoms with Crippen LogP contribution < -0.4 is 14.2 Å². The molecule has 0 saturated carbocycles. The summed E-state index contributed by atoms with van der Waals surface area (Å²) in [6.45, 7) is 0.490. The van der Waals surface area contributed by atoms with E-state index in [1.54, 1.807) is 12.1 Å². The van der Waals surface area contributed by atoms with Crippen molar-refractivity contribution in [1.29, 1.82) is 0 Å². The van der Waals surface area contributed by atoms with Gasteiger partial charge in [-0.25, -0.2) is 18.1 Å². The largest absolute Gasteiger partial charge is 0.491 e. The smallest absolute Gasteiger partial charge is 0.417 e. The fourth-order valence-corrected chi connectivity index (χ4v) is 3.99. The molecule has 0 bridgehead atoms. The number of carbonyl (C=O) groups excluding carboxylic acids is 1. The van der Waals surface area contributed by atoms with E-state index < -0.39 is 32.7 Å². The van der Waals surface area contributed by atoms with Crippen LogP contribution in [-0.2, 0) is 25.7 Å². The molecule has 0 atom stereocenters. The zero-order valence-electron chi connectivity index (χ0n) is 19.2. The summed E-state index contributed by atoms with van der Waals surface area (Å²) in [5, 5.41) is -0.401. The number of hydrogen-bond donors (Lipinski definition) is 1. The molecule has 0 unspecified atom stereocenters. The molecule has 2 aromatic carbocycles. The number of aromatic nitrogens is 1. The van der Waals surface area contributed by atoms with Crippen LogP contribution >= 0.6 is 11.6 Å². The maximum Gasteiger partial charge on any atom is 0.417 e. The number of amides is 1. The van der Waals surface area contributed by atoms with Crippen molar-refractivity contribution in [3.05, 3.63) is 83.0 Å². The summed E-state index contributed by atoms with van der Waals surface area (Å²) in [7, 11) is -2.60. The van der Waals surface area contributed by atoms with Gasteiger partial charge >= 0.3 is 6.18 Å². The van der Waals surface area contributed by atoms with E-state index in [-0.39, 0.29) is 28.7 Å². The highest BCUT2D eigenvalue weighted by molar-refractivity contribution is 7.90. The number of nitrogens with zero attached hydrogens (tertiary/aromatic N) is 1. The third kappa shape index (κ3) is 7.94. The molecule has 0 spiro atoms. The molecule has 1 amide bonds. The minimum Gasteiger partial charge on any atom is -0.491 e. The van der Waals surface area contributed by atoms with E-state index in [9.17, 15) is 26.4 Å². The summed E-state index contributed by atoms with van der Waals surface area (Å²) in [5.74, 6) is -0.919. The number of sulfonamides is 1. The Balaban J connectivity index is 1.86. The number of rotatable bonds is 10. The topological polar surface area (TPSA) is 104 Å². The van der Waals surface area contributed by atoms with E-state index in [0.717, 1.165) is 6.08 Å². The molecule has 0 saturated heterocycles. The maximum absolute atomic E-state index is 12.9. The molecule has 0 aliphatic rings. The van der Waals surface area contributed by atoms with Gasteiger partial charge in [0.15, 0.2) is 0 Å². The zero-order valence-corrected chi connectivity index (χ0v) is 20.7. The summed E-state index contributed by atoms with van der Waals surface area (Å²) < 4.78 is 81.5. The highest BCUT2D eigenvalue weighted by Crippen LogP contribution is 2.36. The Kier molecular flexibility index (Phi) is 9.14. The highest BCUT2D eigenvalue weighted by atomic mass is 35.5. The van der Waals surface area contributed by atoms with Gasteiger partial charge in [0.25, 0.3) is 15.9 Å². The summed E-state index contributed by atoms with van der Waals surface area (Å²) in [4.78, 5) is 15.9. The van der Waals surface area contributed by atoms with Gasteiger partial charge < -0.3 is 14.2 Å². The van der Waals surface area contributed by atoms with Crippen LogP contribution in [0.15, 0.2) is 71.8 Å². The normalized spacial score (nSPS) is 11.9. The van der Waals surface area contributed by atoms with Gasteiger partial charge in [0.2, 0.25) is 5.88 Å². The number of hydrogen-bond acceptors (Lipinski definition) is 7. The van der Waals surface area contributed by atoms with Crippen molar-refractivity contribution in [3.8, 4) is 17.4 Å². The number of pyridine rings is 1. The molecule has 0 aliphatic heterocycles. The van der Waals surface area contributed by atoms with Crippen LogP contribution in [0.4, 0.5) is 13.2 Å². The van der Waals surface area contributed by atoms with Crippen LogP contribution in [0, 0.1) is 0 Å². The quantitative estimate of drug-likeness (QED) is 0.274. The molecule has 37 heavy (non-hydrogen) atoms. The van der Waals surface area contributed by atoms with Gasteiger partial charge in [-0.05, 0) is 36.4 Å². The highest BCUT2D eigenvalue weighted by Gasteiger charge is 2.32. The average Bonchev–Trinajstić information content (AvgIpc) is 2.84. The van der Waals surface area contributed by atoms with E-state index in [1.807, 2.05) is 4.72 Å². The van der Waals surface area contributed by atoms with Crippen molar-refractivity contribution in [3.63, 3.8) is 0 Å². The Morgan fingerprint density at radius 2 is 1.84 bits per heavy atom. The minimum absolute atomic E-state index is 0.0269. The molecular formula is C24H20ClF3N2O6S. The fraction of sp³-hybridized carbons (Fsp3) is 0.167. The molecule has 1 heterocycles. The monoisotopic (exact) mass is 556 g/mol. The molecule has 13 heteroatoms. The molecule has 0 aliphatic carbocycles. The molecule has 3 rings (SSSR count). The standard InChI is InChI=1S/C24H20ClF3N2O6S/c1-34-11-12-35-18-9-7-16(8-10-22(31)30-37(32,33)19-5-3-2-4-6-19)21(14-18)36-23-20(25)13-17(15-29-23)24(26,27)28/h2-10,13-15H,11-12H2,1H3,(H,30,31). The predicted molar refractivity (Wildman–Crippen MR) is 129 cm³/mol. The third-order valence-corrected chi connectivity index (χ3v) is 6.22. The molecule has 0 radical (unpaired) electrons. The lowest BCUT2D eigenvalue weighted by Gasteiger charge is -2.13. The number of carbonyl (C=O) groups is 1. The Hall–Kier alpha value is -3.61. The summed E-state index contributed by atoms with van der Waals surface area (Å²) in [6.07, 6.45) is -1.87. The lowest BCUT2D eigenvalue weighted by atomic mass is 10.1. The number of methoxy groups -OCH3 is 1. The fourth-order valence-electron chi connectivity index (χ4n) is 2.82. The Labute approximate surface area is 215 Å². The van der Waals surface area contributed by atoms with Gasteiger partial charge in [0, 0.05) is 31.0 Å². The number of ether oxygens (including phenoxy) is 3. The van der Waals surface area contributed by atoms with Gasteiger partial charge in [-0.15, -0.1) is 0 Å². The molecule has 1 N–H and O–H groups in total. The van der Waals surface area contributed by atoms with Gasteiger partial charge in [0.1, 0.15) is 23.1 Å². The molecule has 1 aromatic heterocycles. The molecule has 8 nitrogen and oxygen atoms in total. The minimum atomic E-state index is -4.65. The first kappa shape index (κ1) is 28.0. The Morgan fingerprint density at radius 3 is 2.49 bits per heavy atom. The SMILES string of the molecule is COCCOc1ccc(C=CC(=O)NS(=O)(=O)c2ccccc2)c(Oc2ncc(C(F)(F)F)cc2Cl)c1. The van der Waals surface area contributed by atoms with Crippen molar-refractivity contribution < 1.29 is 40.6 Å². The molecular weight excluding hydrogens is 537 g/mol. The zero-order chi connectivity index (χ0) is 27.1. The Morgan fingerprint density at radius 1 is 1.11 bits per heavy atom. The van der Waals surface area contributed by atoms with E-state index in [4.69, 9.17) is 25.8 Å². The van der Waals surface area contributed by atoms with Crippen molar-refractivity contribution in [1.82, 2.24) is 9.71 Å². The first-order valence-corrected chi connectivity index (χ1v) is 12.3. The molecule has 0 fully saturated rings. The van der Waals surface area contributed by atoms with Gasteiger partial charge in [-0.3, -0.25) is 4.79 Å². The second kappa shape index (κ2) is 12.1. The lowest BCUT2D eigenvalue weighted by Crippen LogP contribution is -2.28. The van der Waals surface area contributed by atoms with Crippen LogP contribution in [0.5, 0.6) is 17.4 Å². The summed E-state index contributed by atoms with van der Waals surface area (Å²) in [5.41, 5.74) is -0.804.